The Kier molecular flexibility index (Phi) is 5.16. The lowest BCUT2D eigenvalue weighted by atomic mass is 10.2. The standard InChI is InChI=1S/C16H16IN3O3S/c17-15-6-2-1-5-14(15)16(21)19-8-10-20(11-9-19)24(22,23)13-4-3-7-18-12-13/h1-7,12H,8-11H2. The number of piperazine rings is 1. The summed E-state index contributed by atoms with van der Waals surface area (Å²) in [5.74, 6) is -0.0570. The minimum Gasteiger partial charge on any atom is -0.336 e. The average molecular weight is 457 g/mol. The number of hydrogen-bond donors (Lipinski definition) is 0. The topological polar surface area (TPSA) is 70.6 Å². The van der Waals surface area contributed by atoms with Gasteiger partial charge in [0.05, 0.1) is 5.56 Å². The van der Waals surface area contributed by atoms with Crippen molar-refractivity contribution in [3.05, 3.63) is 57.9 Å². The highest BCUT2D eigenvalue weighted by Crippen LogP contribution is 2.19. The van der Waals surface area contributed by atoms with Crippen molar-refractivity contribution in [1.29, 1.82) is 0 Å². The SMILES string of the molecule is O=C(c1ccccc1I)N1CCN(S(=O)(=O)c2cccnc2)CC1. The van der Waals surface area contributed by atoms with Gasteiger partial charge >= 0.3 is 0 Å². The first-order chi connectivity index (χ1) is 11.5. The molecule has 8 heteroatoms. The molecule has 6 nitrogen and oxygen atoms in total. The molecule has 126 valence electrons. The third-order valence-corrected chi connectivity index (χ3v) is 6.73. The van der Waals surface area contributed by atoms with Crippen molar-refractivity contribution in [2.75, 3.05) is 26.2 Å². The zero-order chi connectivity index (χ0) is 17.2. The highest BCUT2D eigenvalue weighted by atomic mass is 127. The van der Waals surface area contributed by atoms with Crippen LogP contribution in [0, 0.1) is 3.57 Å². The number of pyridine rings is 1. The fraction of sp³-hybridized carbons (Fsp3) is 0.250. The van der Waals surface area contributed by atoms with Crippen molar-refractivity contribution < 1.29 is 13.2 Å². The van der Waals surface area contributed by atoms with Crippen LogP contribution in [-0.2, 0) is 10.0 Å². The Bertz CT molecular complexity index is 835. The molecule has 1 aromatic carbocycles. The molecule has 3 rings (SSSR count). The molecule has 1 saturated heterocycles. The van der Waals surface area contributed by atoms with E-state index in [2.05, 4.69) is 27.6 Å². The summed E-state index contributed by atoms with van der Waals surface area (Å²) in [6.07, 6.45) is 2.89. The molecule has 1 fully saturated rings. The molecule has 2 heterocycles. The van der Waals surface area contributed by atoms with Crippen LogP contribution in [0.15, 0.2) is 53.7 Å². The summed E-state index contributed by atoms with van der Waals surface area (Å²) in [6.45, 7) is 1.32. The molecule has 1 amide bonds. The molecule has 0 unspecified atom stereocenters. The van der Waals surface area contributed by atoms with Gasteiger partial charge in [0.15, 0.2) is 0 Å². The maximum absolute atomic E-state index is 12.6. The van der Waals surface area contributed by atoms with Gasteiger partial charge in [-0.25, -0.2) is 8.42 Å². The molecule has 0 bridgehead atoms. The molecule has 1 aliphatic rings. The van der Waals surface area contributed by atoms with Crippen molar-refractivity contribution >= 4 is 38.5 Å². The summed E-state index contributed by atoms with van der Waals surface area (Å²) in [5, 5.41) is 0. The number of halogens is 1. The van der Waals surface area contributed by atoms with Gasteiger partial charge in [-0.3, -0.25) is 9.78 Å². The molecule has 0 saturated carbocycles. The van der Waals surface area contributed by atoms with E-state index in [-0.39, 0.29) is 23.9 Å². The van der Waals surface area contributed by atoms with Gasteiger partial charge in [-0.05, 0) is 46.9 Å². The van der Waals surface area contributed by atoms with E-state index in [1.54, 1.807) is 17.0 Å². The van der Waals surface area contributed by atoms with Crippen LogP contribution in [0.4, 0.5) is 0 Å². The van der Waals surface area contributed by atoms with Gasteiger partial charge in [0.25, 0.3) is 5.91 Å². The number of aromatic nitrogens is 1. The van der Waals surface area contributed by atoms with E-state index in [1.165, 1.54) is 22.8 Å². The lowest BCUT2D eigenvalue weighted by molar-refractivity contribution is 0.0697. The molecule has 1 aromatic heterocycles. The number of nitrogens with zero attached hydrogens (tertiary/aromatic N) is 3. The second kappa shape index (κ2) is 7.16. The molecular formula is C16H16IN3O3S. The van der Waals surface area contributed by atoms with Gasteiger partial charge in [-0.15, -0.1) is 0 Å². The van der Waals surface area contributed by atoms with Crippen molar-refractivity contribution in [2.24, 2.45) is 0 Å². The van der Waals surface area contributed by atoms with Crippen molar-refractivity contribution in [3.8, 4) is 0 Å². The Morgan fingerprint density at radius 3 is 2.38 bits per heavy atom. The number of carbonyl (C=O) groups excluding carboxylic acids is 1. The third kappa shape index (κ3) is 3.45. The van der Waals surface area contributed by atoms with Crippen LogP contribution in [0.1, 0.15) is 10.4 Å². The van der Waals surface area contributed by atoms with Crippen LogP contribution in [0.2, 0.25) is 0 Å². The number of carbonyl (C=O) groups is 1. The van der Waals surface area contributed by atoms with Crippen LogP contribution in [-0.4, -0.2) is 54.7 Å². The average Bonchev–Trinajstić information content (AvgIpc) is 2.62. The van der Waals surface area contributed by atoms with Crippen LogP contribution in [0.3, 0.4) is 0 Å². The molecule has 0 aliphatic carbocycles. The van der Waals surface area contributed by atoms with Gasteiger partial charge in [0.1, 0.15) is 4.90 Å². The summed E-state index contributed by atoms with van der Waals surface area (Å²) in [4.78, 5) is 18.3. The monoisotopic (exact) mass is 457 g/mol. The zero-order valence-electron chi connectivity index (χ0n) is 12.8. The largest absolute Gasteiger partial charge is 0.336 e. The number of rotatable bonds is 3. The third-order valence-electron chi connectivity index (χ3n) is 3.90. The Morgan fingerprint density at radius 2 is 1.75 bits per heavy atom. The predicted molar refractivity (Wildman–Crippen MR) is 98.1 cm³/mol. The smallest absolute Gasteiger partial charge is 0.255 e. The summed E-state index contributed by atoms with van der Waals surface area (Å²) in [7, 11) is -3.55. The number of sulfonamides is 1. The van der Waals surface area contributed by atoms with Crippen LogP contribution < -0.4 is 0 Å². The van der Waals surface area contributed by atoms with E-state index in [4.69, 9.17) is 0 Å². The Balaban J connectivity index is 1.70. The predicted octanol–water partition coefficient (Wildman–Crippen LogP) is 1.83. The minimum absolute atomic E-state index is 0.0570. The van der Waals surface area contributed by atoms with Gasteiger partial charge in [-0.1, -0.05) is 12.1 Å². The van der Waals surface area contributed by atoms with Crippen molar-refractivity contribution in [2.45, 2.75) is 4.90 Å². The fourth-order valence-electron chi connectivity index (χ4n) is 2.59. The maximum Gasteiger partial charge on any atom is 0.255 e. The Morgan fingerprint density at radius 1 is 1.04 bits per heavy atom. The fourth-order valence-corrected chi connectivity index (χ4v) is 4.59. The zero-order valence-corrected chi connectivity index (χ0v) is 15.8. The van der Waals surface area contributed by atoms with Crippen LogP contribution >= 0.6 is 22.6 Å². The molecule has 2 aromatic rings. The summed E-state index contributed by atoms with van der Waals surface area (Å²) < 4.78 is 27.4. The lowest BCUT2D eigenvalue weighted by Crippen LogP contribution is -2.50. The Hall–Kier alpha value is -1.52. The second-order valence-electron chi connectivity index (χ2n) is 5.36. The molecule has 24 heavy (non-hydrogen) atoms. The molecule has 0 N–H and O–H groups in total. The number of amides is 1. The first-order valence-corrected chi connectivity index (χ1v) is 9.96. The highest BCUT2D eigenvalue weighted by molar-refractivity contribution is 14.1. The van der Waals surface area contributed by atoms with E-state index in [1.807, 2.05) is 18.2 Å². The van der Waals surface area contributed by atoms with E-state index in [0.29, 0.717) is 18.7 Å². The first kappa shape index (κ1) is 17.3. The van der Waals surface area contributed by atoms with E-state index in [0.717, 1.165) is 3.57 Å². The van der Waals surface area contributed by atoms with Crippen molar-refractivity contribution in [3.63, 3.8) is 0 Å². The first-order valence-electron chi connectivity index (χ1n) is 7.44. The summed E-state index contributed by atoms with van der Waals surface area (Å²) in [5.41, 5.74) is 0.654. The lowest BCUT2D eigenvalue weighted by Gasteiger charge is -2.34. The number of benzene rings is 1. The molecule has 0 atom stereocenters. The highest BCUT2D eigenvalue weighted by Gasteiger charge is 2.30. The van der Waals surface area contributed by atoms with Gasteiger partial charge in [0, 0.05) is 42.1 Å². The normalized spacial score (nSPS) is 16.1. The Labute approximate surface area is 154 Å². The summed E-state index contributed by atoms with van der Waals surface area (Å²) >= 11 is 2.14. The van der Waals surface area contributed by atoms with E-state index in [9.17, 15) is 13.2 Å². The molecule has 0 radical (unpaired) electrons. The van der Waals surface area contributed by atoms with Gasteiger partial charge < -0.3 is 4.90 Å². The van der Waals surface area contributed by atoms with Crippen LogP contribution in [0.25, 0.3) is 0 Å². The molecule has 0 spiro atoms. The quantitative estimate of drug-likeness (QED) is 0.660. The van der Waals surface area contributed by atoms with Crippen molar-refractivity contribution in [1.82, 2.24) is 14.2 Å². The van der Waals surface area contributed by atoms with Crippen LogP contribution in [0.5, 0.6) is 0 Å². The molecule has 1 aliphatic heterocycles. The second-order valence-corrected chi connectivity index (χ2v) is 8.46. The van der Waals surface area contributed by atoms with Gasteiger partial charge in [-0.2, -0.15) is 4.31 Å². The van der Waals surface area contributed by atoms with E-state index >= 15 is 0 Å². The minimum atomic E-state index is -3.55. The van der Waals surface area contributed by atoms with E-state index < -0.39 is 10.0 Å². The molecular weight excluding hydrogens is 441 g/mol. The van der Waals surface area contributed by atoms with Gasteiger partial charge in [0.2, 0.25) is 10.0 Å². The number of hydrogen-bond acceptors (Lipinski definition) is 4. The maximum atomic E-state index is 12.6. The summed E-state index contributed by atoms with van der Waals surface area (Å²) in [6, 6.07) is 10.5.